The molecule has 2 N–H and O–H groups in total. The minimum Gasteiger partial charge on any atom is -0.303 e. The third-order valence-electron chi connectivity index (χ3n) is 4.06. The van der Waals surface area contributed by atoms with Crippen molar-refractivity contribution in [1.82, 2.24) is 10.0 Å². The average Bonchev–Trinajstić information content (AvgIpc) is 2.86. The van der Waals surface area contributed by atoms with E-state index in [9.17, 15) is 8.42 Å². The predicted molar refractivity (Wildman–Crippen MR) is 82.0 cm³/mol. The molecule has 0 aromatic heterocycles. The summed E-state index contributed by atoms with van der Waals surface area (Å²) in [6.07, 6.45) is 5.57. The summed E-state index contributed by atoms with van der Waals surface area (Å²) in [6.45, 7) is 2.61. The fraction of sp³-hybridized carbons (Fsp3) is 0.600. The third kappa shape index (κ3) is 4.30. The Morgan fingerprint density at radius 3 is 2.35 bits per heavy atom. The maximum atomic E-state index is 11.3. The molecule has 1 aliphatic carbocycles. The molecular weight excluding hydrogens is 272 g/mol. The van der Waals surface area contributed by atoms with Crippen molar-refractivity contribution in [2.75, 3.05) is 12.8 Å². The van der Waals surface area contributed by atoms with Crippen LogP contribution in [-0.4, -0.2) is 26.8 Å². The Bertz CT molecular complexity index is 522. The molecule has 1 fully saturated rings. The highest BCUT2D eigenvalue weighted by Gasteiger charge is 2.35. The number of hydrogen-bond acceptors (Lipinski definition) is 3. The van der Waals surface area contributed by atoms with Crippen LogP contribution in [0.2, 0.25) is 0 Å². The maximum Gasteiger partial charge on any atom is 0.208 e. The van der Waals surface area contributed by atoms with Crippen LogP contribution in [0.15, 0.2) is 30.3 Å². The highest BCUT2D eigenvalue weighted by atomic mass is 32.2. The van der Waals surface area contributed by atoms with E-state index in [1.54, 1.807) is 0 Å². The second-order valence-corrected chi connectivity index (χ2v) is 7.69. The first-order chi connectivity index (χ1) is 9.40. The molecule has 1 aromatic rings. The molecule has 1 atom stereocenters. The number of rotatable bonds is 6. The normalized spacial score (nSPS) is 19.9. The van der Waals surface area contributed by atoms with Crippen LogP contribution in [0.5, 0.6) is 0 Å². The van der Waals surface area contributed by atoms with Gasteiger partial charge in [0.2, 0.25) is 10.0 Å². The Kier molecular flexibility index (Phi) is 4.83. The van der Waals surface area contributed by atoms with Gasteiger partial charge in [-0.2, -0.15) is 0 Å². The lowest BCUT2D eigenvalue weighted by molar-refractivity contribution is 0.299. The molecule has 0 aliphatic heterocycles. The molecule has 0 radical (unpaired) electrons. The summed E-state index contributed by atoms with van der Waals surface area (Å²) in [7, 11) is -3.14. The lowest BCUT2D eigenvalue weighted by Gasteiger charge is -2.34. The van der Waals surface area contributed by atoms with Crippen LogP contribution < -0.4 is 10.0 Å². The molecule has 1 aromatic carbocycles. The molecule has 0 heterocycles. The van der Waals surface area contributed by atoms with Gasteiger partial charge in [-0.15, -0.1) is 0 Å². The van der Waals surface area contributed by atoms with E-state index in [1.165, 1.54) is 11.8 Å². The SMILES string of the molecule is C[C@@H](NC1(CNS(C)(=O)=O)CCCC1)c1ccccc1. The second-order valence-electron chi connectivity index (χ2n) is 5.86. The molecule has 0 bridgehead atoms. The van der Waals surface area contributed by atoms with Crippen LogP contribution in [-0.2, 0) is 10.0 Å². The molecule has 2 rings (SSSR count). The molecule has 4 nitrogen and oxygen atoms in total. The van der Waals surface area contributed by atoms with Gasteiger partial charge in [0, 0.05) is 18.1 Å². The summed E-state index contributed by atoms with van der Waals surface area (Å²) < 4.78 is 25.4. The Morgan fingerprint density at radius 2 is 1.80 bits per heavy atom. The van der Waals surface area contributed by atoms with Crippen molar-refractivity contribution in [3.05, 3.63) is 35.9 Å². The molecule has 1 saturated carbocycles. The Morgan fingerprint density at radius 1 is 1.20 bits per heavy atom. The van der Waals surface area contributed by atoms with E-state index in [0.717, 1.165) is 25.7 Å². The molecule has 0 saturated heterocycles. The molecule has 0 spiro atoms. The van der Waals surface area contributed by atoms with Crippen LogP contribution in [0.25, 0.3) is 0 Å². The van der Waals surface area contributed by atoms with Crippen molar-refractivity contribution in [3.8, 4) is 0 Å². The van der Waals surface area contributed by atoms with E-state index in [-0.39, 0.29) is 11.6 Å². The summed E-state index contributed by atoms with van der Waals surface area (Å²) in [5, 5.41) is 3.65. The first kappa shape index (κ1) is 15.5. The van der Waals surface area contributed by atoms with Gasteiger partial charge in [-0.25, -0.2) is 13.1 Å². The topological polar surface area (TPSA) is 58.2 Å². The van der Waals surface area contributed by atoms with Gasteiger partial charge in [-0.3, -0.25) is 0 Å². The molecule has 20 heavy (non-hydrogen) atoms. The smallest absolute Gasteiger partial charge is 0.208 e. The summed E-state index contributed by atoms with van der Waals surface area (Å²) in [6, 6.07) is 10.5. The first-order valence-electron chi connectivity index (χ1n) is 7.18. The van der Waals surface area contributed by atoms with E-state index < -0.39 is 10.0 Å². The Labute approximate surface area is 122 Å². The second kappa shape index (κ2) is 6.24. The molecule has 5 heteroatoms. The van der Waals surface area contributed by atoms with E-state index in [2.05, 4.69) is 29.1 Å². The van der Waals surface area contributed by atoms with Crippen molar-refractivity contribution in [3.63, 3.8) is 0 Å². The molecule has 0 unspecified atom stereocenters. The Hall–Kier alpha value is -0.910. The monoisotopic (exact) mass is 296 g/mol. The molecule has 0 amide bonds. The lowest BCUT2D eigenvalue weighted by atomic mass is 9.95. The van der Waals surface area contributed by atoms with E-state index in [0.29, 0.717) is 6.54 Å². The van der Waals surface area contributed by atoms with Gasteiger partial charge in [0.1, 0.15) is 0 Å². The van der Waals surface area contributed by atoms with E-state index >= 15 is 0 Å². The molecule has 112 valence electrons. The fourth-order valence-electron chi connectivity index (χ4n) is 2.98. The van der Waals surface area contributed by atoms with Crippen molar-refractivity contribution in [2.24, 2.45) is 0 Å². The summed E-state index contributed by atoms with van der Waals surface area (Å²) in [4.78, 5) is 0. The summed E-state index contributed by atoms with van der Waals surface area (Å²) in [5.41, 5.74) is 1.12. The van der Waals surface area contributed by atoms with Crippen molar-refractivity contribution < 1.29 is 8.42 Å². The number of sulfonamides is 1. The minimum atomic E-state index is -3.14. The van der Waals surface area contributed by atoms with Gasteiger partial charge in [-0.1, -0.05) is 43.2 Å². The summed E-state index contributed by atoms with van der Waals surface area (Å²) >= 11 is 0. The van der Waals surface area contributed by atoms with Crippen molar-refractivity contribution in [2.45, 2.75) is 44.2 Å². The fourth-order valence-corrected chi connectivity index (χ4v) is 3.52. The largest absolute Gasteiger partial charge is 0.303 e. The van der Waals surface area contributed by atoms with Crippen LogP contribution >= 0.6 is 0 Å². The van der Waals surface area contributed by atoms with Gasteiger partial charge in [0.25, 0.3) is 0 Å². The van der Waals surface area contributed by atoms with Crippen LogP contribution in [0.3, 0.4) is 0 Å². The summed E-state index contributed by atoms with van der Waals surface area (Å²) in [5.74, 6) is 0. The first-order valence-corrected chi connectivity index (χ1v) is 9.07. The predicted octanol–water partition coefficient (Wildman–Crippen LogP) is 2.20. The van der Waals surface area contributed by atoms with E-state index in [1.807, 2.05) is 18.2 Å². The van der Waals surface area contributed by atoms with Crippen molar-refractivity contribution >= 4 is 10.0 Å². The lowest BCUT2D eigenvalue weighted by Crippen LogP contribution is -2.52. The Balaban J connectivity index is 2.05. The van der Waals surface area contributed by atoms with Gasteiger partial charge < -0.3 is 5.32 Å². The quantitative estimate of drug-likeness (QED) is 0.846. The molecule has 1 aliphatic rings. The highest BCUT2D eigenvalue weighted by molar-refractivity contribution is 7.88. The zero-order valence-electron chi connectivity index (χ0n) is 12.2. The highest BCUT2D eigenvalue weighted by Crippen LogP contribution is 2.31. The number of benzene rings is 1. The zero-order valence-corrected chi connectivity index (χ0v) is 13.0. The third-order valence-corrected chi connectivity index (χ3v) is 4.72. The minimum absolute atomic E-state index is 0.113. The molecular formula is C15H24N2O2S. The number of nitrogens with one attached hydrogen (secondary N) is 2. The van der Waals surface area contributed by atoms with Gasteiger partial charge in [-0.05, 0) is 25.3 Å². The van der Waals surface area contributed by atoms with Crippen LogP contribution in [0, 0.1) is 0 Å². The standard InChI is InChI=1S/C15H24N2O2S/c1-13(14-8-4-3-5-9-14)17-15(10-6-7-11-15)12-16-20(2,18)19/h3-5,8-9,13,16-17H,6-7,10-12H2,1-2H3/t13-/m1/s1. The van der Waals surface area contributed by atoms with Crippen LogP contribution in [0.4, 0.5) is 0 Å². The number of hydrogen-bond donors (Lipinski definition) is 2. The maximum absolute atomic E-state index is 11.3. The van der Waals surface area contributed by atoms with Gasteiger partial charge >= 0.3 is 0 Å². The van der Waals surface area contributed by atoms with Crippen molar-refractivity contribution in [1.29, 1.82) is 0 Å². The van der Waals surface area contributed by atoms with Gasteiger partial charge in [0.05, 0.1) is 6.26 Å². The van der Waals surface area contributed by atoms with Crippen LogP contribution in [0.1, 0.15) is 44.2 Å². The average molecular weight is 296 g/mol. The zero-order chi connectivity index (χ0) is 14.6. The van der Waals surface area contributed by atoms with E-state index in [4.69, 9.17) is 0 Å². The van der Waals surface area contributed by atoms with Gasteiger partial charge in [0.15, 0.2) is 0 Å².